The molecule has 0 aromatic heterocycles. The summed E-state index contributed by atoms with van der Waals surface area (Å²) in [6, 6.07) is 1.95. The Balaban J connectivity index is 1.28. The van der Waals surface area contributed by atoms with Crippen molar-refractivity contribution in [3.05, 3.63) is 0 Å². The standard InChI is InChI=1S/C16H21N/c1-2-6-5(1)9-10(6)14-13(9)15-11-7-3-4-8(17-7)12(11)16(14)15/h5-17H,1-4H2. The molecule has 12 atom stereocenters. The van der Waals surface area contributed by atoms with E-state index in [1.807, 2.05) is 0 Å². The van der Waals surface area contributed by atoms with Crippen LogP contribution >= 0.6 is 0 Å². The minimum atomic E-state index is 0.975. The molecule has 1 nitrogen and oxygen atoms in total. The van der Waals surface area contributed by atoms with E-state index in [2.05, 4.69) is 5.32 Å². The van der Waals surface area contributed by atoms with Crippen LogP contribution in [0.1, 0.15) is 25.7 Å². The second-order valence-corrected chi connectivity index (χ2v) is 8.48. The Morgan fingerprint density at radius 1 is 0.471 bits per heavy atom. The van der Waals surface area contributed by atoms with Crippen molar-refractivity contribution in [2.75, 3.05) is 0 Å². The molecule has 0 radical (unpaired) electrons. The Labute approximate surface area is 103 Å². The van der Waals surface area contributed by atoms with Crippen LogP contribution in [0.4, 0.5) is 0 Å². The zero-order valence-corrected chi connectivity index (χ0v) is 10.3. The fraction of sp³-hybridized carbons (Fsp3) is 1.00. The van der Waals surface area contributed by atoms with Crippen molar-refractivity contribution in [3.8, 4) is 0 Å². The molecule has 0 amide bonds. The monoisotopic (exact) mass is 227 g/mol. The molecule has 0 spiro atoms. The summed E-state index contributed by atoms with van der Waals surface area (Å²) in [6.45, 7) is 0. The molecule has 2 aliphatic heterocycles. The first-order chi connectivity index (χ1) is 8.45. The highest BCUT2D eigenvalue weighted by Gasteiger charge is 2.84. The smallest absolute Gasteiger partial charge is 0.0105 e. The topological polar surface area (TPSA) is 12.0 Å². The number of hydrogen-bond acceptors (Lipinski definition) is 1. The molecule has 2 saturated heterocycles. The second kappa shape index (κ2) is 2.13. The fourth-order valence-electron chi connectivity index (χ4n) is 8.65. The molecule has 2 heterocycles. The number of nitrogens with one attached hydrogen (secondary N) is 1. The van der Waals surface area contributed by atoms with Gasteiger partial charge in [0.05, 0.1) is 0 Å². The maximum Gasteiger partial charge on any atom is 0.0105 e. The average Bonchev–Trinajstić information content (AvgIpc) is 2.82. The van der Waals surface area contributed by atoms with Crippen molar-refractivity contribution < 1.29 is 0 Å². The van der Waals surface area contributed by atoms with E-state index in [1.54, 1.807) is 12.8 Å². The lowest BCUT2D eigenvalue weighted by molar-refractivity contribution is -0.392. The normalized spacial score (nSPS) is 83.3. The molecule has 17 heavy (non-hydrogen) atoms. The Kier molecular flexibility index (Phi) is 1.03. The highest BCUT2D eigenvalue weighted by atomic mass is 15.1. The Bertz CT molecular complexity index is 405. The first kappa shape index (κ1) is 8.19. The van der Waals surface area contributed by atoms with Crippen LogP contribution in [0.15, 0.2) is 0 Å². The van der Waals surface area contributed by atoms with Crippen LogP contribution in [0.2, 0.25) is 0 Å². The van der Waals surface area contributed by atoms with Gasteiger partial charge >= 0.3 is 0 Å². The van der Waals surface area contributed by atoms with Crippen molar-refractivity contribution in [1.82, 2.24) is 5.32 Å². The van der Waals surface area contributed by atoms with E-state index in [4.69, 9.17) is 0 Å². The summed E-state index contributed by atoms with van der Waals surface area (Å²) in [4.78, 5) is 0. The number of hydrogen-bond donors (Lipinski definition) is 1. The van der Waals surface area contributed by atoms with Crippen LogP contribution in [0.5, 0.6) is 0 Å². The van der Waals surface area contributed by atoms with Crippen molar-refractivity contribution in [2.45, 2.75) is 37.8 Å². The summed E-state index contributed by atoms with van der Waals surface area (Å²) in [6.07, 6.45) is 6.27. The molecule has 1 heteroatoms. The van der Waals surface area contributed by atoms with Gasteiger partial charge in [0.25, 0.3) is 0 Å². The van der Waals surface area contributed by atoms with E-state index >= 15 is 0 Å². The van der Waals surface area contributed by atoms with Crippen molar-refractivity contribution >= 4 is 0 Å². The third kappa shape index (κ3) is 0.569. The molecule has 5 saturated carbocycles. The maximum atomic E-state index is 3.95. The first-order valence-corrected chi connectivity index (χ1v) is 8.21. The molecule has 2 bridgehead atoms. The fourth-order valence-corrected chi connectivity index (χ4v) is 8.65. The molecule has 7 fully saturated rings. The predicted octanol–water partition coefficient (Wildman–Crippen LogP) is 2.13. The maximum absolute atomic E-state index is 3.95. The molecule has 0 aromatic rings. The highest BCUT2D eigenvalue weighted by molar-refractivity contribution is 5.32. The zero-order chi connectivity index (χ0) is 10.5. The molecule has 1 N–H and O–H groups in total. The van der Waals surface area contributed by atoms with E-state index in [0.717, 1.165) is 12.1 Å². The van der Waals surface area contributed by atoms with E-state index in [1.165, 1.54) is 72.0 Å². The summed E-state index contributed by atoms with van der Waals surface area (Å²) < 4.78 is 0. The third-order valence-corrected chi connectivity index (χ3v) is 8.96. The van der Waals surface area contributed by atoms with Gasteiger partial charge < -0.3 is 5.32 Å². The van der Waals surface area contributed by atoms with Crippen LogP contribution in [0.25, 0.3) is 0 Å². The third-order valence-electron chi connectivity index (χ3n) is 8.96. The lowest BCUT2D eigenvalue weighted by Crippen LogP contribution is -2.83. The van der Waals surface area contributed by atoms with Crippen LogP contribution < -0.4 is 5.32 Å². The lowest BCUT2D eigenvalue weighted by Gasteiger charge is -2.86. The van der Waals surface area contributed by atoms with Gasteiger partial charge in [-0.3, -0.25) is 0 Å². The summed E-state index contributed by atoms with van der Waals surface area (Å²) in [5, 5.41) is 3.95. The number of fused-ring (bicyclic) bond motifs is 17. The molecule has 12 unspecified atom stereocenters. The van der Waals surface area contributed by atoms with Gasteiger partial charge in [-0.1, -0.05) is 0 Å². The van der Waals surface area contributed by atoms with Crippen LogP contribution in [0.3, 0.4) is 0 Å². The minimum Gasteiger partial charge on any atom is -0.311 e. The van der Waals surface area contributed by atoms with Gasteiger partial charge in [-0.25, -0.2) is 0 Å². The Morgan fingerprint density at radius 2 is 0.941 bits per heavy atom. The van der Waals surface area contributed by atoms with E-state index in [0.29, 0.717) is 0 Å². The van der Waals surface area contributed by atoms with Gasteiger partial charge in [-0.2, -0.15) is 0 Å². The van der Waals surface area contributed by atoms with Gasteiger partial charge in [-0.05, 0) is 84.9 Å². The molecule has 90 valence electrons. The summed E-state index contributed by atoms with van der Waals surface area (Å²) in [5.41, 5.74) is 0. The Morgan fingerprint density at radius 3 is 1.41 bits per heavy atom. The molecular weight excluding hydrogens is 206 g/mol. The Hall–Kier alpha value is -0.0400. The SMILES string of the molecule is C1CC2NC1C1C2C2C1C1C3C4CCC4C3C21. The van der Waals surface area contributed by atoms with Gasteiger partial charge in [0, 0.05) is 12.1 Å². The van der Waals surface area contributed by atoms with E-state index < -0.39 is 0 Å². The average molecular weight is 227 g/mol. The molecular formula is C16H21N. The quantitative estimate of drug-likeness (QED) is 0.625. The molecule has 7 aliphatic rings. The van der Waals surface area contributed by atoms with Crippen LogP contribution in [-0.2, 0) is 0 Å². The summed E-state index contributed by atoms with van der Waals surface area (Å²) in [7, 11) is 0. The molecule has 0 aromatic carbocycles. The summed E-state index contributed by atoms with van der Waals surface area (Å²) in [5.74, 6) is 12.3. The number of rotatable bonds is 0. The molecule has 7 rings (SSSR count). The van der Waals surface area contributed by atoms with Gasteiger partial charge in [0.2, 0.25) is 0 Å². The van der Waals surface area contributed by atoms with Crippen molar-refractivity contribution in [2.24, 2.45) is 59.2 Å². The zero-order valence-electron chi connectivity index (χ0n) is 10.3. The summed E-state index contributed by atoms with van der Waals surface area (Å²) >= 11 is 0. The van der Waals surface area contributed by atoms with Crippen LogP contribution in [-0.4, -0.2) is 12.1 Å². The van der Waals surface area contributed by atoms with Gasteiger partial charge in [0.15, 0.2) is 0 Å². The lowest BCUT2D eigenvalue weighted by atomic mass is 9.18. The first-order valence-electron chi connectivity index (χ1n) is 8.21. The van der Waals surface area contributed by atoms with Gasteiger partial charge in [-0.15, -0.1) is 0 Å². The van der Waals surface area contributed by atoms with Crippen molar-refractivity contribution in [1.29, 1.82) is 0 Å². The second-order valence-electron chi connectivity index (χ2n) is 8.48. The van der Waals surface area contributed by atoms with E-state index in [9.17, 15) is 0 Å². The van der Waals surface area contributed by atoms with Crippen molar-refractivity contribution in [3.63, 3.8) is 0 Å². The van der Waals surface area contributed by atoms with Crippen LogP contribution in [0, 0.1) is 59.2 Å². The largest absolute Gasteiger partial charge is 0.311 e. The predicted molar refractivity (Wildman–Crippen MR) is 64.1 cm³/mol. The van der Waals surface area contributed by atoms with E-state index in [-0.39, 0.29) is 0 Å². The molecule has 5 aliphatic carbocycles. The minimum absolute atomic E-state index is 0.975. The highest BCUT2D eigenvalue weighted by Crippen LogP contribution is 2.86. The van der Waals surface area contributed by atoms with Gasteiger partial charge in [0.1, 0.15) is 0 Å².